The smallest absolute Gasteiger partial charge is 0.338 e. The van der Waals surface area contributed by atoms with Gasteiger partial charge in [-0.15, -0.1) is 0 Å². The lowest BCUT2D eigenvalue weighted by Crippen LogP contribution is -2.49. The van der Waals surface area contributed by atoms with Crippen molar-refractivity contribution in [2.75, 3.05) is 12.4 Å². The summed E-state index contributed by atoms with van der Waals surface area (Å²) >= 11 is 3.43. The van der Waals surface area contributed by atoms with Gasteiger partial charge in [-0.3, -0.25) is 4.90 Å². The second kappa shape index (κ2) is 6.12. The van der Waals surface area contributed by atoms with E-state index in [9.17, 15) is 9.59 Å². The molecule has 1 N–H and O–H groups in total. The number of carbonyl (C=O) groups is 2. The third-order valence-electron chi connectivity index (χ3n) is 3.95. The molecule has 116 valence electrons. The third kappa shape index (κ3) is 2.63. The Bertz CT molecular complexity index is 626. The molecule has 2 amide bonds. The molecule has 5 nitrogen and oxygen atoms in total. The number of carbonyl (C=O) groups excluding carboxylic acids is 2. The van der Waals surface area contributed by atoms with Crippen molar-refractivity contribution < 1.29 is 14.3 Å². The first kappa shape index (κ1) is 15.1. The van der Waals surface area contributed by atoms with Gasteiger partial charge >= 0.3 is 12.0 Å². The second-order valence-corrected chi connectivity index (χ2v) is 5.94. The van der Waals surface area contributed by atoms with Gasteiger partial charge in [0.15, 0.2) is 0 Å². The maximum atomic E-state index is 12.5. The van der Waals surface area contributed by atoms with Gasteiger partial charge in [0.25, 0.3) is 0 Å². The normalized spacial score (nSPS) is 21.6. The number of ether oxygens (including phenoxy) is 1. The molecule has 1 aromatic carbocycles. The van der Waals surface area contributed by atoms with Crippen molar-refractivity contribution in [2.24, 2.45) is 0 Å². The molecule has 22 heavy (non-hydrogen) atoms. The summed E-state index contributed by atoms with van der Waals surface area (Å²) in [6.07, 6.45) is 1.93. The summed E-state index contributed by atoms with van der Waals surface area (Å²) in [6, 6.07) is 9.01. The molecule has 0 radical (unpaired) electrons. The van der Waals surface area contributed by atoms with E-state index in [1.807, 2.05) is 30.3 Å². The molecule has 1 fully saturated rings. The molecule has 1 aliphatic carbocycles. The highest BCUT2D eigenvalue weighted by atomic mass is 79.9. The molecule has 0 unspecified atom stereocenters. The standard InChI is InChI=1S/C16H17BrN2O3/c1-22-15(20)13-12(9-17)19(11-7-8-11)16(21)18-14(13)10-5-3-2-4-6-10/h2-6,11,14H,7-9H2,1H3,(H,18,21)/t14-/m0/s1. The number of hydrogen-bond acceptors (Lipinski definition) is 3. The average Bonchev–Trinajstić information content (AvgIpc) is 3.38. The van der Waals surface area contributed by atoms with E-state index in [-0.39, 0.29) is 12.1 Å². The molecule has 0 bridgehead atoms. The Balaban J connectivity index is 2.11. The van der Waals surface area contributed by atoms with Gasteiger partial charge < -0.3 is 10.1 Å². The minimum absolute atomic E-state index is 0.154. The summed E-state index contributed by atoms with van der Waals surface area (Å²) in [4.78, 5) is 26.5. The molecule has 0 spiro atoms. The number of nitrogens with zero attached hydrogens (tertiary/aromatic N) is 1. The SMILES string of the molecule is COC(=O)C1=C(CBr)N(C2CC2)C(=O)N[C@H]1c1ccccc1. The number of methoxy groups -OCH3 is 1. The minimum atomic E-state index is -0.483. The van der Waals surface area contributed by atoms with E-state index in [0.29, 0.717) is 16.6 Å². The zero-order chi connectivity index (χ0) is 15.7. The predicted octanol–water partition coefficient (Wildman–Crippen LogP) is 2.74. The number of esters is 1. The van der Waals surface area contributed by atoms with Crippen molar-refractivity contribution in [1.82, 2.24) is 10.2 Å². The number of halogens is 1. The van der Waals surface area contributed by atoms with Crippen molar-refractivity contribution >= 4 is 27.9 Å². The molecule has 1 saturated carbocycles. The van der Waals surface area contributed by atoms with Gasteiger partial charge in [0.2, 0.25) is 0 Å². The van der Waals surface area contributed by atoms with E-state index in [1.165, 1.54) is 7.11 Å². The van der Waals surface area contributed by atoms with E-state index in [2.05, 4.69) is 21.2 Å². The second-order valence-electron chi connectivity index (χ2n) is 5.38. The van der Waals surface area contributed by atoms with E-state index in [0.717, 1.165) is 18.4 Å². The van der Waals surface area contributed by atoms with Crippen molar-refractivity contribution in [1.29, 1.82) is 0 Å². The summed E-state index contributed by atoms with van der Waals surface area (Å²) in [6.45, 7) is 0. The van der Waals surface area contributed by atoms with Gasteiger partial charge in [0.1, 0.15) is 0 Å². The first-order valence-electron chi connectivity index (χ1n) is 7.19. The lowest BCUT2D eigenvalue weighted by atomic mass is 9.95. The summed E-state index contributed by atoms with van der Waals surface area (Å²) in [7, 11) is 1.36. The largest absolute Gasteiger partial charge is 0.466 e. The van der Waals surface area contributed by atoms with Crippen molar-refractivity contribution in [3.05, 3.63) is 47.2 Å². The van der Waals surface area contributed by atoms with Crippen LogP contribution in [0.15, 0.2) is 41.6 Å². The third-order valence-corrected chi connectivity index (χ3v) is 4.48. The molecular formula is C16H17BrN2O3. The lowest BCUT2D eigenvalue weighted by molar-refractivity contribution is -0.136. The first-order valence-corrected chi connectivity index (χ1v) is 8.31. The molecule has 3 rings (SSSR count). The molecule has 0 aromatic heterocycles. The molecule has 1 aliphatic heterocycles. The molecular weight excluding hydrogens is 348 g/mol. The molecule has 0 saturated heterocycles. The van der Waals surface area contributed by atoms with Crippen LogP contribution in [0.1, 0.15) is 24.4 Å². The van der Waals surface area contributed by atoms with Gasteiger partial charge in [-0.05, 0) is 18.4 Å². The highest BCUT2D eigenvalue weighted by molar-refractivity contribution is 9.09. The van der Waals surface area contributed by atoms with Crippen LogP contribution in [0.4, 0.5) is 4.79 Å². The van der Waals surface area contributed by atoms with E-state index in [4.69, 9.17) is 4.74 Å². The van der Waals surface area contributed by atoms with Crippen LogP contribution in [0, 0.1) is 0 Å². The quantitative estimate of drug-likeness (QED) is 0.660. The number of urea groups is 1. The fraction of sp³-hybridized carbons (Fsp3) is 0.375. The van der Waals surface area contributed by atoms with E-state index in [1.54, 1.807) is 4.90 Å². The Morgan fingerprint density at radius 3 is 2.59 bits per heavy atom. The Kier molecular flexibility index (Phi) is 4.20. The Hall–Kier alpha value is -1.82. The lowest BCUT2D eigenvalue weighted by Gasteiger charge is -2.36. The molecule has 2 aliphatic rings. The van der Waals surface area contributed by atoms with Crippen LogP contribution in [0.2, 0.25) is 0 Å². The number of amides is 2. The number of allylic oxidation sites excluding steroid dienone is 1. The van der Waals surface area contributed by atoms with Crippen molar-refractivity contribution in [2.45, 2.75) is 24.9 Å². The number of hydrogen-bond donors (Lipinski definition) is 1. The number of alkyl halides is 1. The number of benzene rings is 1. The van der Waals surface area contributed by atoms with Crippen LogP contribution in [0.5, 0.6) is 0 Å². The molecule has 1 aromatic rings. The van der Waals surface area contributed by atoms with Crippen molar-refractivity contribution in [3.8, 4) is 0 Å². The fourth-order valence-corrected chi connectivity index (χ4v) is 3.35. The minimum Gasteiger partial charge on any atom is -0.466 e. The molecule has 1 atom stereocenters. The van der Waals surface area contributed by atoms with Gasteiger partial charge in [-0.25, -0.2) is 9.59 Å². The zero-order valence-corrected chi connectivity index (χ0v) is 13.8. The topological polar surface area (TPSA) is 58.6 Å². The highest BCUT2D eigenvalue weighted by Crippen LogP contribution is 2.38. The van der Waals surface area contributed by atoms with Crippen LogP contribution in [0.25, 0.3) is 0 Å². The summed E-state index contributed by atoms with van der Waals surface area (Å²) in [5.41, 5.74) is 2.06. The van der Waals surface area contributed by atoms with Crippen LogP contribution < -0.4 is 5.32 Å². The zero-order valence-electron chi connectivity index (χ0n) is 12.2. The average molecular weight is 365 g/mol. The Labute approximate surface area is 137 Å². The van der Waals surface area contributed by atoms with Crippen LogP contribution in [-0.4, -0.2) is 35.4 Å². The Morgan fingerprint density at radius 1 is 1.36 bits per heavy atom. The number of nitrogens with one attached hydrogen (secondary N) is 1. The van der Waals surface area contributed by atoms with Crippen LogP contribution in [0.3, 0.4) is 0 Å². The van der Waals surface area contributed by atoms with Gasteiger partial charge in [0, 0.05) is 17.1 Å². The van der Waals surface area contributed by atoms with Crippen molar-refractivity contribution in [3.63, 3.8) is 0 Å². The maximum absolute atomic E-state index is 12.5. The van der Waals surface area contributed by atoms with Crippen LogP contribution >= 0.6 is 15.9 Å². The Morgan fingerprint density at radius 2 is 2.05 bits per heavy atom. The van der Waals surface area contributed by atoms with E-state index < -0.39 is 12.0 Å². The number of rotatable bonds is 4. The maximum Gasteiger partial charge on any atom is 0.338 e. The highest BCUT2D eigenvalue weighted by Gasteiger charge is 2.43. The van der Waals surface area contributed by atoms with Gasteiger partial charge in [0.05, 0.1) is 18.7 Å². The van der Waals surface area contributed by atoms with E-state index >= 15 is 0 Å². The van der Waals surface area contributed by atoms with Gasteiger partial charge in [-0.1, -0.05) is 46.3 Å². The summed E-state index contributed by atoms with van der Waals surface area (Å²) in [5, 5.41) is 3.38. The monoisotopic (exact) mass is 364 g/mol. The predicted molar refractivity (Wildman–Crippen MR) is 85.4 cm³/mol. The first-order chi connectivity index (χ1) is 10.7. The molecule has 6 heteroatoms. The summed E-state index contributed by atoms with van der Waals surface area (Å²) < 4.78 is 4.96. The van der Waals surface area contributed by atoms with Gasteiger partial charge in [-0.2, -0.15) is 0 Å². The fourth-order valence-electron chi connectivity index (χ4n) is 2.78. The molecule has 1 heterocycles. The van der Waals surface area contributed by atoms with Crippen LogP contribution in [-0.2, 0) is 9.53 Å². The summed E-state index contributed by atoms with van der Waals surface area (Å²) in [5.74, 6) is -0.408.